The van der Waals surface area contributed by atoms with E-state index in [9.17, 15) is 9.59 Å². The number of pyridine rings is 1. The number of hydrogen-bond donors (Lipinski definition) is 1. The lowest BCUT2D eigenvalue weighted by molar-refractivity contribution is 0.0946. The van der Waals surface area contributed by atoms with Crippen LogP contribution in [0.1, 0.15) is 16.1 Å². The lowest BCUT2D eigenvalue weighted by Gasteiger charge is -2.06. The van der Waals surface area contributed by atoms with Crippen molar-refractivity contribution in [2.24, 2.45) is 7.05 Å². The summed E-state index contributed by atoms with van der Waals surface area (Å²) in [7, 11) is 3.31. The van der Waals surface area contributed by atoms with Crippen LogP contribution in [-0.2, 0) is 13.6 Å². The molecular formula is C21H18N4O4. The second-order valence-electron chi connectivity index (χ2n) is 6.39. The molecule has 146 valence electrons. The first-order valence-corrected chi connectivity index (χ1v) is 8.89. The van der Waals surface area contributed by atoms with Gasteiger partial charge in [-0.2, -0.15) is 5.10 Å². The molecule has 0 spiro atoms. The minimum absolute atomic E-state index is 0.0731. The van der Waals surface area contributed by atoms with E-state index in [2.05, 4.69) is 15.4 Å². The number of amides is 1. The summed E-state index contributed by atoms with van der Waals surface area (Å²) in [6.07, 6.45) is 3.41. The van der Waals surface area contributed by atoms with E-state index in [-0.39, 0.29) is 12.1 Å². The smallest absolute Gasteiger partial charge is 0.349 e. The molecule has 4 rings (SSSR count). The number of fused-ring (bicyclic) bond motifs is 1. The molecule has 0 aliphatic heterocycles. The number of carbonyl (C=O) groups is 1. The average Bonchev–Trinajstić information content (AvgIpc) is 3.12. The van der Waals surface area contributed by atoms with Crippen molar-refractivity contribution < 1.29 is 13.9 Å². The van der Waals surface area contributed by atoms with Crippen LogP contribution in [0, 0.1) is 0 Å². The first-order chi connectivity index (χ1) is 14.1. The zero-order valence-corrected chi connectivity index (χ0v) is 15.9. The maximum Gasteiger partial charge on any atom is 0.349 e. The standard InChI is InChI=1S/C21H18N4O4/c1-25-17(13-6-8-22-9-7-13)11-15(24-25)12-23-20(26)16-10-14-4-3-5-18(28-2)19(14)29-21(16)27/h3-11H,12H2,1-2H3,(H,23,26). The van der Waals surface area contributed by atoms with E-state index in [1.54, 1.807) is 35.3 Å². The summed E-state index contributed by atoms with van der Waals surface area (Å²) in [6, 6.07) is 12.3. The van der Waals surface area contributed by atoms with Crippen LogP contribution in [0.3, 0.4) is 0 Å². The fraction of sp³-hybridized carbons (Fsp3) is 0.143. The average molecular weight is 390 g/mol. The van der Waals surface area contributed by atoms with E-state index in [4.69, 9.17) is 9.15 Å². The van der Waals surface area contributed by atoms with Crippen LogP contribution in [0.5, 0.6) is 5.75 Å². The normalized spacial score (nSPS) is 10.8. The molecular weight excluding hydrogens is 372 g/mol. The van der Waals surface area contributed by atoms with Crippen molar-refractivity contribution >= 4 is 16.9 Å². The molecule has 0 saturated heterocycles. The second kappa shape index (κ2) is 7.59. The second-order valence-corrected chi connectivity index (χ2v) is 6.39. The highest BCUT2D eigenvalue weighted by Gasteiger charge is 2.16. The minimum atomic E-state index is -0.724. The van der Waals surface area contributed by atoms with Gasteiger partial charge in [-0.25, -0.2) is 4.79 Å². The topological polar surface area (TPSA) is 99.2 Å². The largest absolute Gasteiger partial charge is 0.493 e. The first kappa shape index (κ1) is 18.4. The third kappa shape index (κ3) is 3.60. The number of ether oxygens (including phenoxy) is 1. The SMILES string of the molecule is COc1cccc2cc(C(=O)NCc3cc(-c4ccncc4)n(C)n3)c(=O)oc12. The first-order valence-electron chi connectivity index (χ1n) is 8.89. The maximum atomic E-state index is 12.6. The van der Waals surface area contributed by atoms with Crippen LogP contribution in [0.4, 0.5) is 0 Å². The Morgan fingerprint density at radius 1 is 1.21 bits per heavy atom. The molecule has 0 saturated carbocycles. The van der Waals surface area contributed by atoms with E-state index in [1.165, 1.54) is 13.2 Å². The number of para-hydroxylation sites is 1. The van der Waals surface area contributed by atoms with Gasteiger partial charge in [0.2, 0.25) is 0 Å². The number of rotatable bonds is 5. The molecule has 0 aliphatic rings. The lowest BCUT2D eigenvalue weighted by atomic mass is 10.1. The minimum Gasteiger partial charge on any atom is -0.493 e. The molecule has 1 N–H and O–H groups in total. The molecule has 4 aromatic rings. The molecule has 8 nitrogen and oxygen atoms in total. The lowest BCUT2D eigenvalue weighted by Crippen LogP contribution is -2.28. The van der Waals surface area contributed by atoms with Crippen molar-refractivity contribution in [1.29, 1.82) is 0 Å². The van der Waals surface area contributed by atoms with Crippen molar-refractivity contribution in [3.05, 3.63) is 76.5 Å². The third-order valence-corrected chi connectivity index (χ3v) is 4.52. The Bertz CT molecular complexity index is 1240. The van der Waals surface area contributed by atoms with E-state index >= 15 is 0 Å². The van der Waals surface area contributed by atoms with Crippen LogP contribution in [0.25, 0.3) is 22.2 Å². The van der Waals surface area contributed by atoms with Crippen molar-refractivity contribution in [2.75, 3.05) is 7.11 Å². The van der Waals surface area contributed by atoms with Gasteiger partial charge in [-0.3, -0.25) is 14.5 Å². The monoisotopic (exact) mass is 390 g/mol. The van der Waals surface area contributed by atoms with E-state index < -0.39 is 11.5 Å². The number of methoxy groups -OCH3 is 1. The van der Waals surface area contributed by atoms with Gasteiger partial charge in [-0.15, -0.1) is 0 Å². The highest BCUT2D eigenvalue weighted by molar-refractivity contribution is 5.97. The Balaban J connectivity index is 1.55. The molecule has 1 amide bonds. The summed E-state index contributed by atoms with van der Waals surface area (Å²) in [5.74, 6) is -0.0942. The molecule has 0 radical (unpaired) electrons. The Morgan fingerprint density at radius 2 is 2.00 bits per heavy atom. The molecule has 0 bridgehead atoms. The van der Waals surface area contributed by atoms with Crippen LogP contribution in [0.15, 0.2) is 64.1 Å². The number of nitrogens with one attached hydrogen (secondary N) is 1. The van der Waals surface area contributed by atoms with Crippen LogP contribution >= 0.6 is 0 Å². The van der Waals surface area contributed by atoms with Gasteiger partial charge in [0, 0.05) is 30.4 Å². The van der Waals surface area contributed by atoms with Gasteiger partial charge in [0.05, 0.1) is 25.0 Å². The molecule has 1 aromatic carbocycles. The Morgan fingerprint density at radius 3 is 2.76 bits per heavy atom. The van der Waals surface area contributed by atoms with Crippen LogP contribution in [-0.4, -0.2) is 27.8 Å². The molecule has 0 fully saturated rings. The van der Waals surface area contributed by atoms with Gasteiger partial charge < -0.3 is 14.5 Å². The maximum absolute atomic E-state index is 12.6. The molecule has 3 heterocycles. The van der Waals surface area contributed by atoms with Crippen LogP contribution < -0.4 is 15.7 Å². The van der Waals surface area contributed by atoms with Gasteiger partial charge in [-0.05, 0) is 30.3 Å². The van der Waals surface area contributed by atoms with Crippen LogP contribution in [0.2, 0.25) is 0 Å². The quantitative estimate of drug-likeness (QED) is 0.526. The van der Waals surface area contributed by atoms with E-state index in [0.717, 1.165) is 11.3 Å². The predicted molar refractivity (Wildman–Crippen MR) is 107 cm³/mol. The summed E-state index contributed by atoms with van der Waals surface area (Å²) in [5, 5.41) is 7.74. The van der Waals surface area contributed by atoms with Gasteiger partial charge in [0.1, 0.15) is 5.56 Å². The zero-order chi connectivity index (χ0) is 20.4. The molecule has 0 atom stereocenters. The summed E-state index contributed by atoms with van der Waals surface area (Å²) in [6.45, 7) is 0.174. The van der Waals surface area contributed by atoms with Crippen molar-refractivity contribution in [1.82, 2.24) is 20.1 Å². The summed E-state index contributed by atoms with van der Waals surface area (Å²) in [4.78, 5) is 28.9. The molecule has 8 heteroatoms. The fourth-order valence-corrected chi connectivity index (χ4v) is 3.11. The molecule has 3 aromatic heterocycles. The van der Waals surface area contributed by atoms with Gasteiger partial charge in [0.25, 0.3) is 5.91 Å². The highest BCUT2D eigenvalue weighted by Crippen LogP contribution is 2.24. The number of nitrogens with zero attached hydrogens (tertiary/aromatic N) is 3. The van der Waals surface area contributed by atoms with Crippen molar-refractivity contribution in [3.63, 3.8) is 0 Å². The number of aromatic nitrogens is 3. The predicted octanol–water partition coefficient (Wildman–Crippen LogP) is 2.53. The summed E-state index contributed by atoms with van der Waals surface area (Å²) < 4.78 is 12.2. The number of benzene rings is 1. The molecule has 29 heavy (non-hydrogen) atoms. The molecule has 0 aliphatic carbocycles. The third-order valence-electron chi connectivity index (χ3n) is 4.52. The summed E-state index contributed by atoms with van der Waals surface area (Å²) in [5.41, 5.74) is 2.04. The summed E-state index contributed by atoms with van der Waals surface area (Å²) >= 11 is 0. The van der Waals surface area contributed by atoms with Gasteiger partial charge >= 0.3 is 5.63 Å². The van der Waals surface area contributed by atoms with E-state index in [1.807, 2.05) is 25.2 Å². The number of hydrogen-bond acceptors (Lipinski definition) is 6. The number of carbonyl (C=O) groups excluding carboxylic acids is 1. The van der Waals surface area contributed by atoms with Crippen molar-refractivity contribution in [2.45, 2.75) is 6.54 Å². The molecule has 0 unspecified atom stereocenters. The Kier molecular flexibility index (Phi) is 4.82. The zero-order valence-electron chi connectivity index (χ0n) is 15.9. The van der Waals surface area contributed by atoms with Gasteiger partial charge in [-0.1, -0.05) is 12.1 Å². The number of aryl methyl sites for hydroxylation is 1. The highest BCUT2D eigenvalue weighted by atomic mass is 16.5. The Labute approximate surface area is 165 Å². The van der Waals surface area contributed by atoms with Crippen molar-refractivity contribution in [3.8, 4) is 17.0 Å². The van der Waals surface area contributed by atoms with Gasteiger partial charge in [0.15, 0.2) is 11.3 Å². The van der Waals surface area contributed by atoms with E-state index in [0.29, 0.717) is 22.4 Å². The Hall–Kier alpha value is -3.94. The fourth-order valence-electron chi connectivity index (χ4n) is 3.11.